The second-order valence-electron chi connectivity index (χ2n) is 8.17. The lowest BCUT2D eigenvalue weighted by molar-refractivity contribution is -0.136. The maximum atomic E-state index is 13.1. The van der Waals surface area contributed by atoms with Crippen LogP contribution in [0.1, 0.15) is 40.7 Å². The summed E-state index contributed by atoms with van der Waals surface area (Å²) in [4.78, 5) is 40.3. The molecule has 150 valence electrons. The molecule has 3 aliphatic heterocycles. The monoisotopic (exact) mass is 386 g/mol. The van der Waals surface area contributed by atoms with Crippen molar-refractivity contribution in [2.75, 3.05) is 26.7 Å². The van der Waals surface area contributed by atoms with Gasteiger partial charge < -0.3 is 15.3 Å². The van der Waals surface area contributed by atoms with Crippen molar-refractivity contribution < 1.29 is 19.5 Å². The van der Waals surface area contributed by atoms with E-state index in [0.717, 1.165) is 17.7 Å². The molecule has 0 aliphatic carbocycles. The normalized spacial score (nSPS) is 27.5. The molecule has 3 amide bonds. The van der Waals surface area contributed by atoms with E-state index in [4.69, 9.17) is 0 Å². The minimum absolute atomic E-state index is 0.158. The molecular weight excluding hydrogens is 360 g/mol. The number of rotatable bonds is 5. The number of benzene rings is 1. The number of hydrogen-bond donors (Lipinski definition) is 3. The maximum Gasteiger partial charge on any atom is 0.255 e. The molecule has 0 saturated carbocycles. The third kappa shape index (κ3) is 3.55. The molecule has 2 saturated heterocycles. The Kier molecular flexibility index (Phi) is 4.95. The second kappa shape index (κ2) is 7.27. The fourth-order valence-corrected chi connectivity index (χ4v) is 4.54. The molecule has 0 spiro atoms. The molecular formula is C20H26N4O4. The van der Waals surface area contributed by atoms with Crippen LogP contribution < -0.4 is 10.6 Å². The fraction of sp³-hybridized carbons (Fsp3) is 0.550. The molecule has 8 heteroatoms. The summed E-state index contributed by atoms with van der Waals surface area (Å²) in [6.45, 7) is 2.83. The molecule has 3 aliphatic rings. The van der Waals surface area contributed by atoms with Crippen molar-refractivity contribution in [2.24, 2.45) is 0 Å². The van der Waals surface area contributed by atoms with Crippen LogP contribution in [0.15, 0.2) is 18.2 Å². The van der Waals surface area contributed by atoms with E-state index in [1.807, 2.05) is 30.1 Å². The number of hydrogen-bond acceptors (Lipinski definition) is 6. The van der Waals surface area contributed by atoms with Gasteiger partial charge in [-0.05, 0) is 37.6 Å². The summed E-state index contributed by atoms with van der Waals surface area (Å²) in [5.41, 5.74) is 1.71. The van der Waals surface area contributed by atoms with Gasteiger partial charge in [-0.1, -0.05) is 18.2 Å². The molecule has 0 aromatic heterocycles. The summed E-state index contributed by atoms with van der Waals surface area (Å²) in [6, 6.07) is 5.16. The molecule has 4 rings (SSSR count). The van der Waals surface area contributed by atoms with Gasteiger partial charge >= 0.3 is 0 Å². The minimum atomic E-state index is -0.741. The van der Waals surface area contributed by atoms with E-state index < -0.39 is 17.6 Å². The van der Waals surface area contributed by atoms with E-state index in [2.05, 4.69) is 10.6 Å². The van der Waals surface area contributed by atoms with Crippen molar-refractivity contribution >= 4 is 17.7 Å². The molecule has 8 nitrogen and oxygen atoms in total. The minimum Gasteiger partial charge on any atom is -0.387 e. The van der Waals surface area contributed by atoms with Crippen LogP contribution in [0, 0.1) is 0 Å². The first-order chi connectivity index (χ1) is 13.4. The Balaban J connectivity index is 1.50. The zero-order valence-electron chi connectivity index (χ0n) is 16.0. The first-order valence-corrected chi connectivity index (χ1v) is 9.73. The summed E-state index contributed by atoms with van der Waals surface area (Å²) >= 11 is 0. The number of β-amino-alcohol motifs (C(OH)–C–C–N with tert-alkyl or cyclic N) is 1. The summed E-state index contributed by atoms with van der Waals surface area (Å²) in [7, 11) is 1.94. The summed E-state index contributed by atoms with van der Waals surface area (Å²) in [5.74, 6) is -0.839. The molecule has 1 aromatic rings. The Morgan fingerprint density at radius 3 is 2.86 bits per heavy atom. The predicted molar refractivity (Wildman–Crippen MR) is 101 cm³/mol. The average Bonchev–Trinajstić information content (AvgIpc) is 3.19. The maximum absolute atomic E-state index is 13.1. The molecule has 28 heavy (non-hydrogen) atoms. The molecule has 0 radical (unpaired) electrons. The Bertz CT molecular complexity index is 818. The number of aliphatic hydroxyl groups is 1. The molecule has 2 unspecified atom stereocenters. The van der Waals surface area contributed by atoms with Crippen molar-refractivity contribution in [3.63, 3.8) is 0 Å². The van der Waals surface area contributed by atoms with Gasteiger partial charge in [0, 0.05) is 38.2 Å². The topological polar surface area (TPSA) is 102 Å². The van der Waals surface area contributed by atoms with E-state index in [-0.39, 0.29) is 18.2 Å². The molecule has 3 N–H and O–H groups in total. The van der Waals surface area contributed by atoms with Crippen LogP contribution in [0.25, 0.3) is 0 Å². The SMILES string of the molecule is CN(Cc1cccc2c1C(=O)N(C1CCC(=O)NC1=O)C2)CC1(O)CCNC1. The highest BCUT2D eigenvalue weighted by Gasteiger charge is 2.40. The highest BCUT2D eigenvalue weighted by molar-refractivity contribution is 6.05. The van der Waals surface area contributed by atoms with Gasteiger partial charge in [0.25, 0.3) is 5.91 Å². The number of likely N-dealkylation sites (N-methyl/N-ethyl adjacent to an activating group) is 1. The number of fused-ring (bicyclic) bond motifs is 1. The van der Waals surface area contributed by atoms with Crippen LogP contribution in [0.2, 0.25) is 0 Å². The average molecular weight is 386 g/mol. The van der Waals surface area contributed by atoms with Crippen molar-refractivity contribution in [3.8, 4) is 0 Å². The van der Waals surface area contributed by atoms with Gasteiger partial charge in [0.2, 0.25) is 11.8 Å². The number of carbonyl (C=O) groups is 3. The Hall–Kier alpha value is -2.29. The van der Waals surface area contributed by atoms with Crippen molar-refractivity contribution in [1.82, 2.24) is 20.4 Å². The number of amides is 3. The number of imide groups is 1. The van der Waals surface area contributed by atoms with Crippen LogP contribution in [-0.4, -0.2) is 71.0 Å². The van der Waals surface area contributed by atoms with Gasteiger partial charge in [-0.15, -0.1) is 0 Å². The third-order valence-corrected chi connectivity index (χ3v) is 5.86. The molecule has 0 bridgehead atoms. The highest BCUT2D eigenvalue weighted by atomic mass is 16.3. The Morgan fingerprint density at radius 2 is 2.14 bits per heavy atom. The third-order valence-electron chi connectivity index (χ3n) is 5.86. The number of nitrogens with one attached hydrogen (secondary N) is 2. The zero-order valence-corrected chi connectivity index (χ0v) is 16.0. The zero-order chi connectivity index (χ0) is 19.9. The van der Waals surface area contributed by atoms with E-state index >= 15 is 0 Å². The van der Waals surface area contributed by atoms with Crippen molar-refractivity contribution in [1.29, 1.82) is 0 Å². The lowest BCUT2D eigenvalue weighted by atomic mass is 10.0. The highest BCUT2D eigenvalue weighted by Crippen LogP contribution is 2.30. The van der Waals surface area contributed by atoms with E-state index in [1.165, 1.54) is 0 Å². The first kappa shape index (κ1) is 19.0. The van der Waals surface area contributed by atoms with Gasteiger partial charge in [0.05, 0.1) is 5.60 Å². The van der Waals surface area contributed by atoms with E-state index in [9.17, 15) is 19.5 Å². The second-order valence-corrected chi connectivity index (χ2v) is 8.17. The number of carbonyl (C=O) groups excluding carboxylic acids is 3. The van der Waals surface area contributed by atoms with Crippen LogP contribution in [0.5, 0.6) is 0 Å². The Labute approximate surface area is 163 Å². The molecule has 2 atom stereocenters. The standard InChI is InChI=1S/C20H26N4O4/c1-23(12-20(28)7-8-21-11-20)9-13-3-2-4-14-10-24(19(27)17(13)14)15-5-6-16(25)22-18(15)26/h2-4,15,21,28H,5-12H2,1H3,(H,22,25,26). The summed E-state index contributed by atoms with van der Waals surface area (Å²) in [6.07, 6.45) is 1.32. The van der Waals surface area contributed by atoms with Gasteiger partial charge in [-0.3, -0.25) is 24.6 Å². The van der Waals surface area contributed by atoms with Gasteiger partial charge in [0.15, 0.2) is 0 Å². The van der Waals surface area contributed by atoms with Crippen LogP contribution >= 0.6 is 0 Å². The molecule has 3 heterocycles. The smallest absolute Gasteiger partial charge is 0.255 e. The van der Waals surface area contributed by atoms with E-state index in [0.29, 0.717) is 44.6 Å². The van der Waals surface area contributed by atoms with Crippen molar-refractivity contribution in [2.45, 2.75) is 44.0 Å². The quantitative estimate of drug-likeness (QED) is 0.596. The van der Waals surface area contributed by atoms with Crippen LogP contribution in [-0.2, 0) is 22.7 Å². The van der Waals surface area contributed by atoms with Gasteiger partial charge in [0.1, 0.15) is 6.04 Å². The predicted octanol–water partition coefficient (Wildman–Crippen LogP) is -0.396. The summed E-state index contributed by atoms with van der Waals surface area (Å²) < 4.78 is 0. The first-order valence-electron chi connectivity index (χ1n) is 9.73. The van der Waals surface area contributed by atoms with Crippen LogP contribution in [0.4, 0.5) is 0 Å². The summed E-state index contributed by atoms with van der Waals surface area (Å²) in [5, 5.41) is 16.1. The fourth-order valence-electron chi connectivity index (χ4n) is 4.54. The van der Waals surface area contributed by atoms with Crippen LogP contribution in [0.3, 0.4) is 0 Å². The lowest BCUT2D eigenvalue weighted by Crippen LogP contribution is -2.52. The van der Waals surface area contributed by atoms with Gasteiger partial charge in [-0.2, -0.15) is 0 Å². The largest absolute Gasteiger partial charge is 0.387 e. The van der Waals surface area contributed by atoms with E-state index in [1.54, 1.807) is 4.90 Å². The number of piperidine rings is 1. The van der Waals surface area contributed by atoms with Crippen molar-refractivity contribution in [3.05, 3.63) is 34.9 Å². The number of nitrogens with zero attached hydrogens (tertiary/aromatic N) is 2. The Morgan fingerprint density at radius 1 is 1.32 bits per heavy atom. The molecule has 1 aromatic carbocycles. The lowest BCUT2D eigenvalue weighted by Gasteiger charge is -2.29. The molecule has 2 fully saturated rings. The van der Waals surface area contributed by atoms with Gasteiger partial charge in [-0.25, -0.2) is 0 Å².